The zero-order valence-corrected chi connectivity index (χ0v) is 12.2. The largest absolute Gasteiger partial charge is 0.478 e. The minimum absolute atomic E-state index is 0.0801. The van der Waals surface area contributed by atoms with Crippen LogP contribution in [0.4, 0.5) is 5.82 Å². The number of carboxylic acid groups (broad SMARTS) is 1. The first-order chi connectivity index (χ1) is 9.38. The Hall–Kier alpha value is -1.33. The molecule has 2 rings (SSSR count). The highest BCUT2D eigenvalue weighted by Gasteiger charge is 2.32. The summed E-state index contributed by atoms with van der Waals surface area (Å²) in [6.45, 7) is 2.48. The first kappa shape index (κ1) is 15.1. The smallest absolute Gasteiger partial charge is 0.335 e. The molecule has 0 amide bonds. The van der Waals surface area contributed by atoms with Crippen LogP contribution < -0.4 is 5.32 Å². The Bertz CT molecular complexity index is 509. The molecule has 2 atom stereocenters. The number of nitrogens with one attached hydrogen (secondary N) is 1. The third-order valence-corrected chi connectivity index (χ3v) is 3.90. The van der Waals surface area contributed by atoms with Gasteiger partial charge in [-0.2, -0.15) is 0 Å². The van der Waals surface area contributed by atoms with Crippen molar-refractivity contribution in [2.45, 2.75) is 38.2 Å². The number of rotatable bonds is 4. The molecule has 1 aliphatic rings. The molecule has 0 spiro atoms. The molecule has 1 aromatic heterocycles. The molecule has 0 aliphatic heterocycles. The molecule has 0 saturated heterocycles. The second-order valence-electron chi connectivity index (χ2n) is 5.65. The number of carbonyl (C=O) groups is 1. The maximum atomic E-state index is 11.0. The van der Waals surface area contributed by atoms with Crippen molar-refractivity contribution in [3.63, 3.8) is 0 Å². The van der Waals surface area contributed by atoms with Crippen LogP contribution in [0.25, 0.3) is 0 Å². The van der Waals surface area contributed by atoms with E-state index in [-0.39, 0.29) is 10.7 Å². The van der Waals surface area contributed by atoms with Gasteiger partial charge in [-0.15, -0.1) is 0 Å². The summed E-state index contributed by atoms with van der Waals surface area (Å²) >= 11 is 5.80. The second-order valence-corrected chi connectivity index (χ2v) is 6.04. The summed E-state index contributed by atoms with van der Waals surface area (Å²) in [6.07, 6.45) is 3.63. The summed E-state index contributed by atoms with van der Waals surface area (Å²) in [5.74, 6) is -0.179. The number of halogens is 1. The topological polar surface area (TPSA) is 82.5 Å². The average molecular weight is 299 g/mol. The van der Waals surface area contributed by atoms with E-state index in [9.17, 15) is 9.90 Å². The zero-order valence-electron chi connectivity index (χ0n) is 11.4. The van der Waals surface area contributed by atoms with Gasteiger partial charge in [-0.1, -0.05) is 31.4 Å². The molecule has 1 heterocycles. The van der Waals surface area contributed by atoms with Gasteiger partial charge in [0.05, 0.1) is 11.2 Å². The first-order valence-electron chi connectivity index (χ1n) is 6.75. The lowest BCUT2D eigenvalue weighted by Crippen LogP contribution is -2.41. The van der Waals surface area contributed by atoms with Crippen molar-refractivity contribution in [1.29, 1.82) is 0 Å². The van der Waals surface area contributed by atoms with E-state index in [4.69, 9.17) is 16.7 Å². The lowest BCUT2D eigenvalue weighted by atomic mass is 9.79. The third-order valence-electron chi connectivity index (χ3n) is 3.71. The fourth-order valence-electron chi connectivity index (χ4n) is 2.76. The van der Waals surface area contributed by atoms with Gasteiger partial charge in [-0.3, -0.25) is 0 Å². The molecular formula is C14H19ClN2O3. The number of aliphatic hydroxyl groups is 1. The number of aromatic carboxylic acids is 1. The molecule has 3 N–H and O–H groups in total. The Labute approximate surface area is 123 Å². The summed E-state index contributed by atoms with van der Waals surface area (Å²) < 4.78 is 0. The summed E-state index contributed by atoms with van der Waals surface area (Å²) in [7, 11) is 0. The van der Waals surface area contributed by atoms with E-state index in [1.807, 2.05) is 0 Å². The zero-order chi connectivity index (χ0) is 14.8. The molecule has 1 aliphatic carbocycles. The van der Waals surface area contributed by atoms with Gasteiger partial charge < -0.3 is 15.5 Å². The van der Waals surface area contributed by atoms with Crippen molar-refractivity contribution >= 4 is 23.4 Å². The quantitative estimate of drug-likeness (QED) is 0.745. The van der Waals surface area contributed by atoms with E-state index in [2.05, 4.69) is 17.2 Å². The van der Waals surface area contributed by atoms with E-state index >= 15 is 0 Å². The Kier molecular flexibility index (Phi) is 4.50. The molecule has 1 aromatic rings. The average Bonchev–Trinajstić information content (AvgIpc) is 2.35. The molecule has 20 heavy (non-hydrogen) atoms. The third kappa shape index (κ3) is 3.84. The monoisotopic (exact) mass is 298 g/mol. The minimum Gasteiger partial charge on any atom is -0.478 e. The molecule has 0 bridgehead atoms. The SMILES string of the molecule is CC1CCCC(O)(CNc2cc(C(=O)O)cc(Cl)n2)C1. The van der Waals surface area contributed by atoms with Crippen LogP contribution in [0.1, 0.15) is 43.0 Å². The van der Waals surface area contributed by atoms with E-state index in [1.165, 1.54) is 12.1 Å². The molecule has 5 nitrogen and oxygen atoms in total. The van der Waals surface area contributed by atoms with Crippen LogP contribution in [0.3, 0.4) is 0 Å². The van der Waals surface area contributed by atoms with Crippen molar-refractivity contribution in [3.8, 4) is 0 Å². The fraction of sp³-hybridized carbons (Fsp3) is 0.571. The highest BCUT2D eigenvalue weighted by atomic mass is 35.5. The molecule has 0 aromatic carbocycles. The Morgan fingerprint density at radius 3 is 3.00 bits per heavy atom. The van der Waals surface area contributed by atoms with Crippen LogP contribution in [0.2, 0.25) is 5.15 Å². The molecule has 1 saturated carbocycles. The number of anilines is 1. The fourth-order valence-corrected chi connectivity index (χ4v) is 2.97. The number of aromatic nitrogens is 1. The van der Waals surface area contributed by atoms with Crippen molar-refractivity contribution < 1.29 is 15.0 Å². The van der Waals surface area contributed by atoms with Crippen LogP contribution >= 0.6 is 11.6 Å². The summed E-state index contributed by atoms with van der Waals surface area (Å²) in [6, 6.07) is 2.72. The van der Waals surface area contributed by atoms with Gasteiger partial charge in [0, 0.05) is 6.54 Å². The van der Waals surface area contributed by atoms with Gasteiger partial charge in [0.25, 0.3) is 0 Å². The van der Waals surface area contributed by atoms with Crippen LogP contribution in [-0.2, 0) is 0 Å². The highest BCUT2D eigenvalue weighted by molar-refractivity contribution is 6.29. The van der Waals surface area contributed by atoms with Gasteiger partial charge in [-0.05, 0) is 30.9 Å². The van der Waals surface area contributed by atoms with Crippen molar-refractivity contribution in [2.24, 2.45) is 5.92 Å². The second kappa shape index (κ2) is 5.97. The molecule has 6 heteroatoms. The summed E-state index contributed by atoms with van der Waals surface area (Å²) in [5, 5.41) is 22.6. The Balaban J connectivity index is 2.05. The predicted octanol–water partition coefficient (Wildman–Crippen LogP) is 2.79. The number of hydrogen-bond donors (Lipinski definition) is 3. The number of pyridine rings is 1. The van der Waals surface area contributed by atoms with Crippen LogP contribution in [0.15, 0.2) is 12.1 Å². The highest BCUT2D eigenvalue weighted by Crippen LogP contribution is 2.32. The van der Waals surface area contributed by atoms with E-state index in [0.717, 1.165) is 25.7 Å². The van der Waals surface area contributed by atoms with Crippen LogP contribution in [0, 0.1) is 5.92 Å². The van der Waals surface area contributed by atoms with E-state index < -0.39 is 11.6 Å². The lowest BCUT2D eigenvalue weighted by molar-refractivity contribution is -0.000828. The Morgan fingerprint density at radius 1 is 1.60 bits per heavy atom. The minimum atomic E-state index is -1.05. The summed E-state index contributed by atoms with van der Waals surface area (Å²) in [5.41, 5.74) is -0.679. The number of carboxylic acids is 1. The molecule has 2 unspecified atom stereocenters. The van der Waals surface area contributed by atoms with Gasteiger partial charge in [0.15, 0.2) is 0 Å². The lowest BCUT2D eigenvalue weighted by Gasteiger charge is -2.35. The molecule has 0 radical (unpaired) electrons. The van der Waals surface area contributed by atoms with Gasteiger partial charge in [0.2, 0.25) is 0 Å². The molecule has 1 fully saturated rings. The normalized spacial score (nSPS) is 26.2. The standard InChI is InChI=1S/C14H19ClN2O3/c1-9-3-2-4-14(20,7-9)8-16-12-6-10(13(18)19)5-11(15)17-12/h5-6,9,20H,2-4,7-8H2,1H3,(H,16,17)(H,18,19). The number of nitrogens with zero attached hydrogens (tertiary/aromatic N) is 1. The van der Waals surface area contributed by atoms with Crippen molar-refractivity contribution in [2.75, 3.05) is 11.9 Å². The number of hydrogen-bond acceptors (Lipinski definition) is 4. The van der Waals surface area contributed by atoms with Crippen LogP contribution in [0.5, 0.6) is 0 Å². The first-order valence-corrected chi connectivity index (χ1v) is 7.13. The van der Waals surface area contributed by atoms with E-state index in [0.29, 0.717) is 18.3 Å². The molecule has 110 valence electrons. The maximum absolute atomic E-state index is 11.0. The van der Waals surface area contributed by atoms with Crippen LogP contribution in [-0.4, -0.2) is 33.3 Å². The molecular weight excluding hydrogens is 280 g/mol. The summed E-state index contributed by atoms with van der Waals surface area (Å²) in [4.78, 5) is 15.0. The Morgan fingerprint density at radius 2 is 2.35 bits per heavy atom. The maximum Gasteiger partial charge on any atom is 0.335 e. The van der Waals surface area contributed by atoms with Crippen molar-refractivity contribution in [1.82, 2.24) is 4.98 Å². The van der Waals surface area contributed by atoms with Gasteiger partial charge >= 0.3 is 5.97 Å². The van der Waals surface area contributed by atoms with Gasteiger partial charge in [0.1, 0.15) is 11.0 Å². The van der Waals surface area contributed by atoms with Crippen molar-refractivity contribution in [3.05, 3.63) is 22.8 Å². The van der Waals surface area contributed by atoms with E-state index in [1.54, 1.807) is 0 Å². The predicted molar refractivity (Wildman–Crippen MR) is 77.3 cm³/mol. The van der Waals surface area contributed by atoms with Gasteiger partial charge in [-0.25, -0.2) is 9.78 Å².